The Kier molecular flexibility index (Phi) is 7.00. The van der Waals surface area contributed by atoms with Crippen molar-refractivity contribution in [1.82, 2.24) is 30.7 Å². The monoisotopic (exact) mass is 559 g/mol. The molecule has 3 heterocycles. The minimum atomic E-state index is -0.586. The Balaban J connectivity index is 1.48. The Morgan fingerprint density at radius 3 is 2.76 bits per heavy atom. The number of hydrazone groups is 1. The highest BCUT2D eigenvalue weighted by molar-refractivity contribution is 6.49. The maximum absolute atomic E-state index is 13.2. The number of aromatic nitrogens is 5. The zero-order valence-corrected chi connectivity index (χ0v) is 21.7. The first-order valence-electron chi connectivity index (χ1n) is 11.2. The van der Waals surface area contributed by atoms with Crippen LogP contribution in [0.25, 0.3) is 5.82 Å². The van der Waals surface area contributed by atoms with Gasteiger partial charge in [-0.05, 0) is 47.8 Å². The minimum absolute atomic E-state index is 0.0141. The van der Waals surface area contributed by atoms with E-state index in [0.717, 1.165) is 25.1 Å². The SMILES string of the molecule is CC(=NNC(=O)c1nnn(-c2nonc2N)c1CN1CCCc2ccccc21)c1ccc(Cl)c(Cl)c1Cl. The van der Waals surface area contributed by atoms with Gasteiger partial charge in [-0.15, -0.1) is 5.10 Å². The first-order valence-corrected chi connectivity index (χ1v) is 12.3. The topological polar surface area (TPSA) is 140 Å². The summed E-state index contributed by atoms with van der Waals surface area (Å²) in [7, 11) is 0. The van der Waals surface area contributed by atoms with Crippen LogP contribution in [-0.2, 0) is 13.0 Å². The van der Waals surface area contributed by atoms with E-state index in [0.29, 0.717) is 28.5 Å². The van der Waals surface area contributed by atoms with Crippen molar-refractivity contribution in [3.05, 3.63) is 74.0 Å². The van der Waals surface area contributed by atoms with Crippen LogP contribution in [0.3, 0.4) is 0 Å². The summed E-state index contributed by atoms with van der Waals surface area (Å²) in [6.45, 7) is 2.76. The van der Waals surface area contributed by atoms with Crippen molar-refractivity contribution in [2.75, 3.05) is 17.2 Å². The van der Waals surface area contributed by atoms with Crippen molar-refractivity contribution >= 4 is 57.9 Å². The summed E-state index contributed by atoms with van der Waals surface area (Å²) >= 11 is 18.4. The Hall–Kier alpha value is -3.67. The highest BCUT2D eigenvalue weighted by Gasteiger charge is 2.27. The lowest BCUT2D eigenvalue weighted by molar-refractivity contribution is 0.0948. The zero-order valence-electron chi connectivity index (χ0n) is 19.5. The highest BCUT2D eigenvalue weighted by Crippen LogP contribution is 2.33. The molecule has 0 aliphatic carbocycles. The predicted octanol–water partition coefficient (Wildman–Crippen LogP) is 4.30. The first kappa shape index (κ1) is 25.0. The second-order valence-corrected chi connectivity index (χ2v) is 9.45. The van der Waals surface area contributed by atoms with E-state index in [1.54, 1.807) is 19.1 Å². The molecule has 0 atom stereocenters. The fourth-order valence-electron chi connectivity index (χ4n) is 4.14. The normalized spacial score (nSPS) is 13.5. The van der Waals surface area contributed by atoms with Gasteiger partial charge >= 0.3 is 0 Å². The van der Waals surface area contributed by atoms with E-state index in [-0.39, 0.29) is 27.4 Å². The fourth-order valence-corrected chi connectivity index (χ4v) is 4.81. The molecule has 0 spiro atoms. The third-order valence-corrected chi connectivity index (χ3v) is 7.27. The van der Waals surface area contributed by atoms with Gasteiger partial charge < -0.3 is 10.6 Å². The van der Waals surface area contributed by atoms with Crippen LogP contribution in [0.4, 0.5) is 11.5 Å². The van der Waals surface area contributed by atoms with Crippen LogP contribution < -0.4 is 16.1 Å². The molecule has 0 bridgehead atoms. The summed E-state index contributed by atoms with van der Waals surface area (Å²) in [5, 5.41) is 20.6. The second-order valence-electron chi connectivity index (χ2n) is 8.28. The van der Waals surface area contributed by atoms with Gasteiger partial charge in [0.15, 0.2) is 5.69 Å². The van der Waals surface area contributed by atoms with Gasteiger partial charge in [-0.1, -0.05) is 64.3 Å². The number of fused-ring (bicyclic) bond motifs is 1. The molecule has 4 aromatic rings. The lowest BCUT2D eigenvalue weighted by Gasteiger charge is -2.31. The van der Waals surface area contributed by atoms with Crippen molar-refractivity contribution in [3.8, 4) is 5.82 Å². The third kappa shape index (κ3) is 4.85. The quantitative estimate of drug-likeness (QED) is 0.202. The molecule has 37 heavy (non-hydrogen) atoms. The number of carbonyl (C=O) groups excluding carboxylic acids is 1. The van der Waals surface area contributed by atoms with Crippen molar-refractivity contribution in [2.24, 2.45) is 5.10 Å². The van der Waals surface area contributed by atoms with Crippen molar-refractivity contribution in [2.45, 2.75) is 26.3 Å². The molecule has 190 valence electrons. The standard InChI is InChI=1S/C23H20Cl3N9O2/c1-12(14-8-9-15(24)19(26)18(14)25)28-30-23(36)20-17(35(33-29-20)22-21(27)31-37-32-22)11-34-10-4-6-13-5-2-3-7-16(13)34/h2-3,5,7-9H,4,6,10-11H2,1H3,(H2,27,31)(H,30,36). The van der Waals surface area contributed by atoms with Gasteiger partial charge in [0.2, 0.25) is 11.6 Å². The molecule has 1 aliphatic rings. The molecular formula is C23H20Cl3N9O2. The van der Waals surface area contributed by atoms with Gasteiger partial charge in [-0.2, -0.15) is 9.78 Å². The molecule has 14 heteroatoms. The first-order chi connectivity index (χ1) is 17.8. The Labute approximate surface area is 226 Å². The van der Waals surface area contributed by atoms with Crippen LogP contribution >= 0.6 is 34.8 Å². The number of nitrogens with one attached hydrogen (secondary N) is 1. The molecule has 2 aromatic heterocycles. The minimum Gasteiger partial charge on any atom is -0.378 e. The number of halogens is 3. The van der Waals surface area contributed by atoms with Gasteiger partial charge in [-0.25, -0.2) is 10.1 Å². The summed E-state index contributed by atoms with van der Waals surface area (Å²) in [5.74, 6) is -0.438. The Morgan fingerprint density at radius 1 is 1.16 bits per heavy atom. The van der Waals surface area contributed by atoms with E-state index < -0.39 is 5.91 Å². The molecule has 0 radical (unpaired) electrons. The zero-order chi connectivity index (χ0) is 26.1. The number of amides is 1. The number of hydrogen-bond acceptors (Lipinski definition) is 9. The van der Waals surface area contributed by atoms with Gasteiger partial charge in [0.1, 0.15) is 0 Å². The average Bonchev–Trinajstić information content (AvgIpc) is 3.51. The average molecular weight is 561 g/mol. The number of benzene rings is 2. The number of anilines is 2. The number of nitrogens with two attached hydrogens (primary N) is 1. The number of nitrogens with zero attached hydrogens (tertiary/aromatic N) is 7. The lowest BCUT2D eigenvalue weighted by Crippen LogP contribution is -2.31. The van der Waals surface area contributed by atoms with E-state index in [1.165, 1.54) is 10.2 Å². The summed E-state index contributed by atoms with van der Waals surface area (Å²) < 4.78 is 6.10. The number of hydrogen-bond donors (Lipinski definition) is 2. The van der Waals surface area contributed by atoms with Crippen LogP contribution in [0.15, 0.2) is 46.1 Å². The largest absolute Gasteiger partial charge is 0.378 e. The number of aryl methyl sites for hydroxylation is 1. The number of nitrogen functional groups attached to an aromatic ring is 1. The van der Waals surface area contributed by atoms with E-state index in [2.05, 4.69) is 42.1 Å². The Bertz CT molecular complexity index is 1520. The van der Waals surface area contributed by atoms with E-state index in [9.17, 15) is 4.79 Å². The van der Waals surface area contributed by atoms with Crippen molar-refractivity contribution in [1.29, 1.82) is 0 Å². The molecule has 2 aromatic carbocycles. The van der Waals surface area contributed by atoms with Gasteiger partial charge in [0.05, 0.1) is 33.0 Å². The smallest absolute Gasteiger partial charge is 0.293 e. The maximum atomic E-state index is 13.2. The molecule has 0 saturated heterocycles. The number of rotatable bonds is 6. The molecule has 5 rings (SSSR count). The predicted molar refractivity (Wildman–Crippen MR) is 141 cm³/mol. The van der Waals surface area contributed by atoms with Crippen molar-refractivity contribution < 1.29 is 9.42 Å². The van der Waals surface area contributed by atoms with Crippen LogP contribution in [0.5, 0.6) is 0 Å². The van der Waals surface area contributed by atoms with E-state index in [4.69, 9.17) is 45.2 Å². The lowest BCUT2D eigenvalue weighted by atomic mass is 10.0. The molecule has 3 N–H and O–H groups in total. The summed E-state index contributed by atoms with van der Waals surface area (Å²) in [5.41, 5.74) is 12.1. The molecule has 0 unspecified atom stereocenters. The van der Waals surface area contributed by atoms with E-state index >= 15 is 0 Å². The second kappa shape index (κ2) is 10.4. The molecule has 11 nitrogen and oxygen atoms in total. The number of para-hydroxylation sites is 1. The fraction of sp³-hybridized carbons (Fsp3) is 0.217. The molecule has 1 amide bonds. The Morgan fingerprint density at radius 2 is 1.97 bits per heavy atom. The van der Waals surface area contributed by atoms with Crippen molar-refractivity contribution in [3.63, 3.8) is 0 Å². The summed E-state index contributed by atoms with van der Waals surface area (Å²) in [6, 6.07) is 11.4. The molecule has 0 saturated carbocycles. The summed E-state index contributed by atoms with van der Waals surface area (Å²) in [4.78, 5) is 15.4. The number of carbonyl (C=O) groups is 1. The third-order valence-electron chi connectivity index (χ3n) is 5.97. The molecule has 0 fully saturated rings. The van der Waals surface area contributed by atoms with Gasteiger partial charge in [0.25, 0.3) is 5.91 Å². The molecule has 1 aliphatic heterocycles. The maximum Gasteiger partial charge on any atom is 0.293 e. The summed E-state index contributed by atoms with van der Waals surface area (Å²) in [6.07, 6.45) is 1.94. The van der Waals surface area contributed by atoms with E-state index in [1.807, 2.05) is 18.2 Å². The highest BCUT2D eigenvalue weighted by atomic mass is 35.5. The van der Waals surface area contributed by atoms with Crippen LogP contribution in [0.2, 0.25) is 15.1 Å². The van der Waals surface area contributed by atoms with Crippen LogP contribution in [0.1, 0.15) is 40.7 Å². The molecular weight excluding hydrogens is 541 g/mol. The van der Waals surface area contributed by atoms with Crippen LogP contribution in [-0.4, -0.2) is 43.5 Å². The van der Waals surface area contributed by atoms with Crippen LogP contribution in [0, 0.1) is 0 Å². The van der Waals surface area contributed by atoms with Gasteiger partial charge in [0, 0.05) is 17.8 Å². The van der Waals surface area contributed by atoms with Gasteiger partial charge in [-0.3, -0.25) is 4.79 Å².